The molecule has 0 fully saturated rings. The van der Waals surface area contributed by atoms with Crippen molar-refractivity contribution in [2.45, 2.75) is 12.3 Å². The zero-order valence-corrected chi connectivity index (χ0v) is 11.9. The Hall–Kier alpha value is -1.85. The summed E-state index contributed by atoms with van der Waals surface area (Å²) in [5, 5.41) is 0. The summed E-state index contributed by atoms with van der Waals surface area (Å²) in [7, 11) is 0. The average molecular weight is 313 g/mol. The number of terminal acetylenes is 1. The summed E-state index contributed by atoms with van der Waals surface area (Å²) >= 11 is 3.35. The van der Waals surface area contributed by atoms with E-state index in [2.05, 4.69) is 21.9 Å². The lowest BCUT2D eigenvalue weighted by atomic mass is 9.92. The third-order valence-electron chi connectivity index (χ3n) is 2.96. The molecule has 0 amide bonds. The van der Waals surface area contributed by atoms with Gasteiger partial charge in [0.1, 0.15) is 0 Å². The summed E-state index contributed by atoms with van der Waals surface area (Å²) in [6.07, 6.45) is 5.88. The largest absolute Gasteiger partial charge is 0.294 e. The van der Waals surface area contributed by atoms with Crippen molar-refractivity contribution < 1.29 is 4.79 Å². The molecule has 1 nitrogen and oxygen atoms in total. The van der Waals surface area contributed by atoms with E-state index < -0.39 is 0 Å². The van der Waals surface area contributed by atoms with Gasteiger partial charge in [-0.25, -0.2) is 0 Å². The number of halogens is 1. The van der Waals surface area contributed by atoms with E-state index in [9.17, 15) is 4.79 Å². The highest BCUT2D eigenvalue weighted by Gasteiger charge is 2.14. The van der Waals surface area contributed by atoms with Crippen molar-refractivity contribution in [1.29, 1.82) is 0 Å². The zero-order chi connectivity index (χ0) is 13.7. The molecule has 0 spiro atoms. The second-order valence-corrected chi connectivity index (χ2v) is 5.18. The Morgan fingerprint density at radius 2 is 1.74 bits per heavy atom. The van der Waals surface area contributed by atoms with Gasteiger partial charge in [0, 0.05) is 16.5 Å². The lowest BCUT2D eigenvalue weighted by molar-refractivity contribution is 0.0979. The van der Waals surface area contributed by atoms with E-state index in [1.165, 1.54) is 0 Å². The van der Waals surface area contributed by atoms with Crippen LogP contribution in [0.1, 0.15) is 28.3 Å². The van der Waals surface area contributed by atoms with Crippen LogP contribution in [-0.4, -0.2) is 5.78 Å². The normalized spacial score (nSPS) is 11.6. The molecule has 1 atom stereocenters. The first-order valence-electron chi connectivity index (χ1n) is 6.00. The Morgan fingerprint density at radius 3 is 2.32 bits per heavy atom. The fourth-order valence-electron chi connectivity index (χ4n) is 1.90. The van der Waals surface area contributed by atoms with Crippen LogP contribution in [0.3, 0.4) is 0 Å². The molecule has 1 unspecified atom stereocenters. The second-order valence-electron chi connectivity index (χ2n) is 4.26. The topological polar surface area (TPSA) is 17.1 Å². The van der Waals surface area contributed by atoms with E-state index in [1.54, 1.807) is 0 Å². The minimum Gasteiger partial charge on any atom is -0.294 e. The molecule has 2 aromatic rings. The van der Waals surface area contributed by atoms with Crippen LogP contribution in [-0.2, 0) is 0 Å². The summed E-state index contributed by atoms with van der Waals surface area (Å²) in [6.45, 7) is 0. The molecular formula is C17H13BrO. The third-order valence-corrected chi connectivity index (χ3v) is 3.49. The number of ketones is 1. The van der Waals surface area contributed by atoms with E-state index >= 15 is 0 Å². The molecule has 0 N–H and O–H groups in total. The molecule has 0 aliphatic heterocycles. The van der Waals surface area contributed by atoms with Crippen LogP contribution >= 0.6 is 15.9 Å². The van der Waals surface area contributed by atoms with Gasteiger partial charge in [-0.05, 0) is 17.7 Å². The predicted molar refractivity (Wildman–Crippen MR) is 81.1 cm³/mol. The summed E-state index contributed by atoms with van der Waals surface area (Å²) in [6, 6.07) is 17.1. The fourth-order valence-corrected chi connectivity index (χ4v) is 2.16. The summed E-state index contributed by atoms with van der Waals surface area (Å²) in [4.78, 5) is 12.2. The maximum absolute atomic E-state index is 12.2. The maximum Gasteiger partial charge on any atom is 0.164 e. The molecule has 0 bridgehead atoms. The molecule has 0 heterocycles. The molecule has 0 aliphatic rings. The summed E-state index contributed by atoms with van der Waals surface area (Å²) < 4.78 is 0.959. The van der Waals surface area contributed by atoms with Gasteiger partial charge in [-0.15, -0.1) is 6.42 Å². The molecular weight excluding hydrogens is 300 g/mol. The SMILES string of the molecule is C#CC(CC(=O)c1ccc(Br)cc1)c1ccccc1. The first-order valence-corrected chi connectivity index (χ1v) is 6.80. The zero-order valence-electron chi connectivity index (χ0n) is 10.3. The van der Waals surface area contributed by atoms with Crippen molar-refractivity contribution in [1.82, 2.24) is 0 Å². The van der Waals surface area contributed by atoms with Gasteiger partial charge in [-0.3, -0.25) is 4.79 Å². The maximum atomic E-state index is 12.2. The molecule has 0 saturated carbocycles. The van der Waals surface area contributed by atoms with Crippen molar-refractivity contribution in [3.63, 3.8) is 0 Å². The van der Waals surface area contributed by atoms with Gasteiger partial charge in [-0.1, -0.05) is 64.3 Å². The van der Waals surface area contributed by atoms with Gasteiger partial charge in [0.05, 0.1) is 5.92 Å². The van der Waals surface area contributed by atoms with E-state index in [0.29, 0.717) is 12.0 Å². The minimum atomic E-state index is -0.169. The number of benzene rings is 2. The minimum absolute atomic E-state index is 0.0688. The van der Waals surface area contributed by atoms with E-state index in [1.807, 2.05) is 54.6 Å². The van der Waals surface area contributed by atoms with Gasteiger partial charge >= 0.3 is 0 Å². The van der Waals surface area contributed by atoms with Gasteiger partial charge < -0.3 is 0 Å². The van der Waals surface area contributed by atoms with Crippen LogP contribution in [0.2, 0.25) is 0 Å². The monoisotopic (exact) mass is 312 g/mol. The summed E-state index contributed by atoms with van der Waals surface area (Å²) in [5.74, 6) is 2.60. The third kappa shape index (κ3) is 3.56. The van der Waals surface area contributed by atoms with Crippen molar-refractivity contribution in [3.05, 3.63) is 70.2 Å². The van der Waals surface area contributed by atoms with E-state index in [-0.39, 0.29) is 11.7 Å². The number of rotatable bonds is 4. The molecule has 0 aromatic heterocycles. The number of hydrogen-bond donors (Lipinski definition) is 0. The highest BCUT2D eigenvalue weighted by molar-refractivity contribution is 9.10. The van der Waals surface area contributed by atoms with Crippen LogP contribution in [0.4, 0.5) is 0 Å². The number of hydrogen-bond acceptors (Lipinski definition) is 1. The molecule has 2 aromatic carbocycles. The Balaban J connectivity index is 2.13. The van der Waals surface area contributed by atoms with Crippen molar-refractivity contribution >= 4 is 21.7 Å². The Morgan fingerprint density at radius 1 is 1.11 bits per heavy atom. The molecule has 0 aliphatic carbocycles. The number of Topliss-reactive ketones (excluding diaryl/α,β-unsaturated/α-hetero) is 1. The fraction of sp³-hybridized carbons (Fsp3) is 0.118. The Labute approximate surface area is 121 Å². The summed E-state index contributed by atoms with van der Waals surface area (Å²) in [5.41, 5.74) is 1.70. The molecule has 0 saturated heterocycles. The van der Waals surface area contributed by atoms with Gasteiger partial charge in [0.25, 0.3) is 0 Å². The van der Waals surface area contributed by atoms with Crippen molar-refractivity contribution in [3.8, 4) is 12.3 Å². The highest BCUT2D eigenvalue weighted by atomic mass is 79.9. The smallest absolute Gasteiger partial charge is 0.164 e. The van der Waals surface area contributed by atoms with E-state index in [4.69, 9.17) is 6.42 Å². The lowest BCUT2D eigenvalue weighted by Gasteiger charge is -2.10. The first-order chi connectivity index (χ1) is 9.20. The first kappa shape index (κ1) is 13.6. The Bertz CT molecular complexity index is 593. The van der Waals surface area contributed by atoms with Crippen LogP contribution in [0.15, 0.2) is 59.1 Å². The molecule has 2 rings (SSSR count). The molecule has 19 heavy (non-hydrogen) atoms. The van der Waals surface area contributed by atoms with Crippen LogP contribution in [0.25, 0.3) is 0 Å². The second kappa shape index (κ2) is 6.36. The quantitative estimate of drug-likeness (QED) is 0.602. The predicted octanol–water partition coefficient (Wildman–Crippen LogP) is 4.44. The molecule has 2 heteroatoms. The van der Waals surface area contributed by atoms with Crippen molar-refractivity contribution in [2.24, 2.45) is 0 Å². The van der Waals surface area contributed by atoms with Crippen LogP contribution < -0.4 is 0 Å². The van der Waals surface area contributed by atoms with E-state index in [0.717, 1.165) is 10.0 Å². The van der Waals surface area contributed by atoms with Gasteiger partial charge in [-0.2, -0.15) is 0 Å². The standard InChI is InChI=1S/C17H13BrO/c1-2-13(14-6-4-3-5-7-14)12-17(19)15-8-10-16(18)11-9-15/h1,3-11,13H,12H2. The van der Waals surface area contributed by atoms with Gasteiger partial charge in [0.2, 0.25) is 0 Å². The molecule has 0 radical (unpaired) electrons. The highest BCUT2D eigenvalue weighted by Crippen LogP contribution is 2.21. The molecule has 94 valence electrons. The van der Waals surface area contributed by atoms with Gasteiger partial charge in [0.15, 0.2) is 5.78 Å². The lowest BCUT2D eigenvalue weighted by Crippen LogP contribution is -2.06. The van der Waals surface area contributed by atoms with Crippen molar-refractivity contribution in [2.75, 3.05) is 0 Å². The average Bonchev–Trinajstić information content (AvgIpc) is 2.46. The van der Waals surface area contributed by atoms with Crippen LogP contribution in [0.5, 0.6) is 0 Å². The van der Waals surface area contributed by atoms with Crippen LogP contribution in [0, 0.1) is 12.3 Å². The Kier molecular flexibility index (Phi) is 4.54. The number of carbonyl (C=O) groups is 1. The number of carbonyl (C=O) groups excluding carboxylic acids is 1.